The summed E-state index contributed by atoms with van der Waals surface area (Å²) in [7, 11) is 2.12. The average Bonchev–Trinajstić information content (AvgIpc) is 2.79. The highest BCUT2D eigenvalue weighted by atomic mass is 19.1. The van der Waals surface area contributed by atoms with Gasteiger partial charge in [0.05, 0.1) is 6.54 Å². The summed E-state index contributed by atoms with van der Waals surface area (Å²) in [6, 6.07) is 15.1. The number of likely N-dealkylation sites (N-methyl/N-ethyl adjacent to an activating group) is 1. The zero-order valence-corrected chi connectivity index (χ0v) is 16.9. The Morgan fingerprint density at radius 1 is 1.00 bits per heavy atom. The number of benzene rings is 1. The minimum Gasteiger partial charge on any atom is -0.354 e. The van der Waals surface area contributed by atoms with Crippen LogP contribution in [0.2, 0.25) is 0 Å². The van der Waals surface area contributed by atoms with Crippen LogP contribution in [0.25, 0.3) is 0 Å². The van der Waals surface area contributed by atoms with E-state index in [9.17, 15) is 9.18 Å². The number of anilines is 2. The Morgan fingerprint density at radius 3 is 2.40 bits per heavy atom. The predicted molar refractivity (Wildman–Crippen MR) is 115 cm³/mol. The second-order valence-corrected chi connectivity index (χ2v) is 7.40. The third-order valence-corrected chi connectivity index (χ3v) is 5.24. The Hall–Kier alpha value is -3.32. The molecule has 0 spiro atoms. The van der Waals surface area contributed by atoms with Crippen molar-refractivity contribution in [2.45, 2.75) is 6.54 Å². The van der Waals surface area contributed by atoms with Gasteiger partial charge >= 0.3 is 0 Å². The minimum atomic E-state index is -0.345. The normalized spacial score (nSPS) is 14.5. The van der Waals surface area contributed by atoms with E-state index in [1.54, 1.807) is 47.6 Å². The van der Waals surface area contributed by atoms with Crippen molar-refractivity contribution in [3.8, 4) is 0 Å². The number of halogens is 1. The molecule has 1 amide bonds. The van der Waals surface area contributed by atoms with Gasteiger partial charge in [0.1, 0.15) is 17.3 Å². The van der Waals surface area contributed by atoms with E-state index in [2.05, 4.69) is 26.8 Å². The monoisotopic (exact) mass is 405 g/mol. The van der Waals surface area contributed by atoms with Gasteiger partial charge in [-0.15, -0.1) is 0 Å². The second-order valence-electron chi connectivity index (χ2n) is 7.40. The summed E-state index contributed by atoms with van der Waals surface area (Å²) in [6.07, 6.45) is 3.39. The molecule has 0 aliphatic carbocycles. The van der Waals surface area contributed by atoms with E-state index in [1.165, 1.54) is 12.1 Å². The van der Waals surface area contributed by atoms with Gasteiger partial charge in [-0.25, -0.2) is 9.37 Å². The van der Waals surface area contributed by atoms with Crippen LogP contribution in [0.5, 0.6) is 0 Å². The van der Waals surface area contributed by atoms with Gasteiger partial charge in [0, 0.05) is 44.3 Å². The quantitative estimate of drug-likeness (QED) is 0.653. The highest BCUT2D eigenvalue weighted by Gasteiger charge is 2.20. The Kier molecular flexibility index (Phi) is 5.99. The van der Waals surface area contributed by atoms with Gasteiger partial charge in [-0.1, -0.05) is 12.1 Å². The number of aromatic nitrogens is 2. The molecule has 3 heterocycles. The number of carbonyl (C=O) groups is 1. The van der Waals surface area contributed by atoms with Crippen LogP contribution in [-0.2, 0) is 6.54 Å². The van der Waals surface area contributed by atoms with E-state index in [-0.39, 0.29) is 11.7 Å². The molecule has 7 heteroatoms. The minimum absolute atomic E-state index is 0.245. The largest absolute Gasteiger partial charge is 0.354 e. The maximum absolute atomic E-state index is 13.4. The number of rotatable bonds is 5. The van der Waals surface area contributed by atoms with Crippen molar-refractivity contribution in [3.05, 3.63) is 84.1 Å². The Bertz CT molecular complexity index is 971. The first kappa shape index (κ1) is 20.0. The molecule has 0 radical (unpaired) electrons. The lowest BCUT2D eigenvalue weighted by molar-refractivity contribution is 0.0980. The molecule has 154 valence electrons. The van der Waals surface area contributed by atoms with Gasteiger partial charge in [0.25, 0.3) is 5.91 Å². The third-order valence-electron chi connectivity index (χ3n) is 5.24. The molecule has 1 fully saturated rings. The summed E-state index contributed by atoms with van der Waals surface area (Å²) in [6.45, 7) is 4.24. The molecule has 0 unspecified atom stereocenters. The Labute approximate surface area is 175 Å². The van der Waals surface area contributed by atoms with Crippen LogP contribution < -0.4 is 9.80 Å². The Balaban J connectivity index is 1.55. The average molecular weight is 405 g/mol. The van der Waals surface area contributed by atoms with Crippen molar-refractivity contribution in [2.75, 3.05) is 43.0 Å². The number of nitrogens with zero attached hydrogens (tertiary/aromatic N) is 5. The molecule has 1 aromatic carbocycles. The second kappa shape index (κ2) is 9.00. The highest BCUT2D eigenvalue weighted by Crippen LogP contribution is 2.21. The van der Waals surface area contributed by atoms with Crippen LogP contribution in [-0.4, -0.2) is 54.0 Å². The van der Waals surface area contributed by atoms with Crippen LogP contribution in [0, 0.1) is 5.82 Å². The van der Waals surface area contributed by atoms with Gasteiger partial charge in [-0.05, 0) is 55.1 Å². The molecule has 0 N–H and O–H groups in total. The smallest absolute Gasteiger partial charge is 0.277 e. The van der Waals surface area contributed by atoms with Crippen LogP contribution in [0.1, 0.15) is 16.1 Å². The van der Waals surface area contributed by atoms with Gasteiger partial charge in [-0.2, -0.15) is 0 Å². The lowest BCUT2D eigenvalue weighted by Crippen LogP contribution is -2.44. The van der Waals surface area contributed by atoms with E-state index in [1.807, 2.05) is 12.1 Å². The topological polar surface area (TPSA) is 52.6 Å². The first-order chi connectivity index (χ1) is 14.6. The van der Waals surface area contributed by atoms with Crippen molar-refractivity contribution >= 4 is 17.4 Å². The summed E-state index contributed by atoms with van der Waals surface area (Å²) >= 11 is 0. The molecule has 0 atom stereocenters. The van der Waals surface area contributed by atoms with Gasteiger partial charge in [0.15, 0.2) is 0 Å². The van der Waals surface area contributed by atoms with Gasteiger partial charge in [0.2, 0.25) is 0 Å². The van der Waals surface area contributed by atoms with Crippen molar-refractivity contribution in [1.29, 1.82) is 0 Å². The molecule has 4 rings (SSSR count). The number of amides is 1. The van der Waals surface area contributed by atoms with Crippen LogP contribution >= 0.6 is 0 Å². The molecule has 30 heavy (non-hydrogen) atoms. The molecule has 6 nitrogen and oxygen atoms in total. The SMILES string of the molecule is CN1CCN(c2ccc(CN(C(=O)c3ccccn3)c3ccc(F)cc3)cn2)CC1. The van der Waals surface area contributed by atoms with E-state index < -0.39 is 0 Å². The van der Waals surface area contributed by atoms with Crippen LogP contribution in [0.4, 0.5) is 15.9 Å². The molecule has 1 aliphatic heterocycles. The zero-order chi connectivity index (χ0) is 20.9. The summed E-state index contributed by atoms with van der Waals surface area (Å²) in [4.78, 5) is 28.1. The lowest BCUT2D eigenvalue weighted by atomic mass is 10.2. The first-order valence-electron chi connectivity index (χ1n) is 9.97. The van der Waals surface area contributed by atoms with Gasteiger partial charge < -0.3 is 14.7 Å². The first-order valence-corrected chi connectivity index (χ1v) is 9.97. The summed E-state index contributed by atoms with van der Waals surface area (Å²) in [5, 5.41) is 0. The zero-order valence-electron chi connectivity index (χ0n) is 16.9. The summed E-state index contributed by atoms with van der Waals surface area (Å²) < 4.78 is 13.4. The summed E-state index contributed by atoms with van der Waals surface area (Å²) in [5.41, 5.74) is 1.83. The third kappa shape index (κ3) is 4.63. The maximum atomic E-state index is 13.4. The van der Waals surface area contributed by atoms with Crippen molar-refractivity contribution in [1.82, 2.24) is 14.9 Å². The van der Waals surface area contributed by atoms with E-state index in [4.69, 9.17) is 0 Å². The standard InChI is InChI=1S/C23H24FN5O/c1-27-12-14-28(15-13-27)22-10-5-18(16-26-22)17-29(20-8-6-19(24)7-9-20)23(30)21-4-2-3-11-25-21/h2-11,16H,12-15,17H2,1H3. The van der Waals surface area contributed by atoms with Crippen molar-refractivity contribution in [2.24, 2.45) is 0 Å². The summed E-state index contributed by atoms with van der Waals surface area (Å²) in [5.74, 6) is 0.351. The maximum Gasteiger partial charge on any atom is 0.277 e. The van der Waals surface area contributed by atoms with E-state index in [0.29, 0.717) is 17.9 Å². The number of hydrogen-bond donors (Lipinski definition) is 0. The van der Waals surface area contributed by atoms with Crippen LogP contribution in [0.15, 0.2) is 67.0 Å². The molecule has 0 bridgehead atoms. The molecule has 1 saturated heterocycles. The number of hydrogen-bond acceptors (Lipinski definition) is 5. The highest BCUT2D eigenvalue weighted by molar-refractivity contribution is 6.04. The molecular formula is C23H24FN5O. The fourth-order valence-corrected chi connectivity index (χ4v) is 3.44. The fraction of sp³-hybridized carbons (Fsp3) is 0.261. The van der Waals surface area contributed by atoms with E-state index in [0.717, 1.165) is 37.6 Å². The molecule has 0 saturated carbocycles. The lowest BCUT2D eigenvalue weighted by Gasteiger charge is -2.33. The predicted octanol–water partition coefficient (Wildman–Crippen LogP) is 3.21. The van der Waals surface area contributed by atoms with Crippen molar-refractivity contribution in [3.63, 3.8) is 0 Å². The fourth-order valence-electron chi connectivity index (χ4n) is 3.44. The molecule has 2 aromatic heterocycles. The van der Waals surface area contributed by atoms with Gasteiger partial charge in [-0.3, -0.25) is 9.78 Å². The molecule has 1 aliphatic rings. The Morgan fingerprint density at radius 2 is 1.77 bits per heavy atom. The number of pyridine rings is 2. The number of carbonyl (C=O) groups excluding carboxylic acids is 1. The number of piperazine rings is 1. The van der Waals surface area contributed by atoms with Crippen LogP contribution in [0.3, 0.4) is 0 Å². The molecule has 3 aromatic rings. The van der Waals surface area contributed by atoms with Crippen molar-refractivity contribution < 1.29 is 9.18 Å². The molecular weight excluding hydrogens is 381 g/mol. The van der Waals surface area contributed by atoms with E-state index >= 15 is 0 Å².